The van der Waals surface area contributed by atoms with Crippen LogP contribution in [0, 0.1) is 0 Å². The number of hydrogen-bond donors (Lipinski definition) is 0. The minimum Gasteiger partial charge on any atom is -0.497 e. The molecule has 0 aliphatic rings. The van der Waals surface area contributed by atoms with Crippen molar-refractivity contribution >= 4 is 12.6 Å². The molecule has 2 heteroatoms. The first-order chi connectivity index (χ1) is 4.86. The fourth-order valence-electron chi connectivity index (χ4n) is 0.762. The lowest BCUT2D eigenvalue weighted by Gasteiger charge is -1.99. The molecule has 0 N–H and O–H groups in total. The first-order valence-corrected chi connectivity index (χ1v) is 3.65. The Hall–Kier alpha value is -0.630. The van der Waals surface area contributed by atoms with E-state index in [1.165, 1.54) is 0 Å². The zero-order chi connectivity index (χ0) is 7.40. The van der Waals surface area contributed by atoms with E-state index in [9.17, 15) is 0 Å². The minimum absolute atomic E-state index is 0.650. The summed E-state index contributed by atoms with van der Waals surface area (Å²) >= 11 is 4.87. The summed E-state index contributed by atoms with van der Waals surface area (Å²) in [7, 11) is 1.66. The van der Waals surface area contributed by atoms with E-state index >= 15 is 0 Å². The van der Waals surface area contributed by atoms with Crippen LogP contribution in [0.4, 0.5) is 0 Å². The molecule has 0 bridgehead atoms. The third kappa shape index (κ3) is 1.67. The number of rotatable bonds is 2. The molecule has 0 amide bonds. The third-order valence-corrected chi connectivity index (χ3v) is 1.63. The molecule has 53 valence electrons. The van der Waals surface area contributed by atoms with Gasteiger partial charge in [0, 0.05) is 5.75 Å². The Morgan fingerprint density at radius 1 is 1.50 bits per heavy atom. The maximum atomic E-state index is 5.01. The second-order valence-corrected chi connectivity index (χ2v) is 2.28. The summed E-state index contributed by atoms with van der Waals surface area (Å²) in [4.78, 5) is 0. The molecule has 0 aliphatic heterocycles. The Balaban J connectivity index is 2.87. The quantitative estimate of drug-likeness (QED) is 0.634. The standard InChI is InChI=1S/C8H9OS/c1-9-8-4-2-3-7(5-8)6-10/h2-5H,6H2,1H3. The van der Waals surface area contributed by atoms with E-state index in [1.807, 2.05) is 24.3 Å². The predicted molar refractivity (Wildman–Crippen MR) is 44.3 cm³/mol. The van der Waals surface area contributed by atoms with Crippen LogP contribution in [0.15, 0.2) is 24.3 Å². The summed E-state index contributed by atoms with van der Waals surface area (Å²) in [6.45, 7) is 0. The molecule has 1 nitrogen and oxygen atoms in total. The second kappa shape index (κ2) is 3.52. The zero-order valence-electron chi connectivity index (χ0n) is 5.83. The van der Waals surface area contributed by atoms with Gasteiger partial charge in [-0.1, -0.05) is 24.8 Å². The molecule has 0 spiro atoms. The summed E-state index contributed by atoms with van der Waals surface area (Å²) in [5.74, 6) is 1.53. The zero-order valence-corrected chi connectivity index (χ0v) is 6.65. The van der Waals surface area contributed by atoms with Gasteiger partial charge in [0.05, 0.1) is 7.11 Å². The van der Waals surface area contributed by atoms with Crippen molar-refractivity contribution in [1.82, 2.24) is 0 Å². The van der Waals surface area contributed by atoms with Gasteiger partial charge < -0.3 is 4.74 Å². The monoisotopic (exact) mass is 153 g/mol. The van der Waals surface area contributed by atoms with E-state index in [1.54, 1.807) is 7.11 Å². The van der Waals surface area contributed by atoms with Gasteiger partial charge in [-0.25, -0.2) is 0 Å². The SMILES string of the molecule is COc1cccc(C[S])c1. The van der Waals surface area contributed by atoms with Gasteiger partial charge in [0.25, 0.3) is 0 Å². The van der Waals surface area contributed by atoms with Crippen LogP contribution in [-0.2, 0) is 5.75 Å². The van der Waals surface area contributed by atoms with Crippen molar-refractivity contribution in [1.29, 1.82) is 0 Å². The summed E-state index contributed by atoms with van der Waals surface area (Å²) in [5, 5.41) is 0. The minimum atomic E-state index is 0.650. The van der Waals surface area contributed by atoms with Gasteiger partial charge in [-0.15, -0.1) is 0 Å². The second-order valence-electron chi connectivity index (χ2n) is 2.00. The maximum Gasteiger partial charge on any atom is 0.119 e. The Labute approximate surface area is 66.4 Å². The fourth-order valence-corrected chi connectivity index (χ4v) is 0.942. The Bertz CT molecular complexity index is 191. The lowest BCUT2D eigenvalue weighted by Crippen LogP contribution is -1.83. The molecule has 0 unspecified atom stereocenters. The van der Waals surface area contributed by atoms with Crippen LogP contribution in [0.3, 0.4) is 0 Å². The van der Waals surface area contributed by atoms with Crippen molar-refractivity contribution in [2.45, 2.75) is 5.75 Å². The normalized spacial score (nSPS) is 9.40. The summed E-state index contributed by atoms with van der Waals surface area (Å²) in [5.41, 5.74) is 1.13. The van der Waals surface area contributed by atoms with Gasteiger partial charge >= 0.3 is 0 Å². The molecule has 1 radical (unpaired) electrons. The van der Waals surface area contributed by atoms with Gasteiger partial charge in [0.2, 0.25) is 0 Å². The predicted octanol–water partition coefficient (Wildman–Crippen LogP) is 2.39. The van der Waals surface area contributed by atoms with E-state index in [2.05, 4.69) is 0 Å². The molecule has 0 saturated heterocycles. The smallest absolute Gasteiger partial charge is 0.119 e. The van der Waals surface area contributed by atoms with Crippen molar-refractivity contribution in [2.24, 2.45) is 0 Å². The van der Waals surface area contributed by atoms with E-state index in [-0.39, 0.29) is 0 Å². The van der Waals surface area contributed by atoms with Crippen LogP contribution in [0.25, 0.3) is 0 Å². The van der Waals surface area contributed by atoms with Crippen molar-refractivity contribution in [2.75, 3.05) is 7.11 Å². The van der Waals surface area contributed by atoms with Gasteiger partial charge in [0.1, 0.15) is 5.75 Å². The number of methoxy groups -OCH3 is 1. The molecule has 10 heavy (non-hydrogen) atoms. The summed E-state index contributed by atoms with van der Waals surface area (Å²) in [6.07, 6.45) is 0. The van der Waals surface area contributed by atoms with E-state index < -0.39 is 0 Å². The van der Waals surface area contributed by atoms with E-state index in [0.717, 1.165) is 11.3 Å². The summed E-state index contributed by atoms with van der Waals surface area (Å²) < 4.78 is 5.01. The highest BCUT2D eigenvalue weighted by atomic mass is 32.1. The number of ether oxygens (including phenoxy) is 1. The molecule has 1 aromatic carbocycles. The lowest BCUT2D eigenvalue weighted by molar-refractivity contribution is 0.414. The largest absolute Gasteiger partial charge is 0.497 e. The van der Waals surface area contributed by atoms with Gasteiger partial charge in [-0.05, 0) is 17.7 Å². The van der Waals surface area contributed by atoms with E-state index in [4.69, 9.17) is 17.4 Å². The Morgan fingerprint density at radius 3 is 2.90 bits per heavy atom. The average Bonchev–Trinajstić information content (AvgIpc) is 2.05. The molecule has 0 heterocycles. The van der Waals surface area contributed by atoms with Crippen molar-refractivity contribution in [3.63, 3.8) is 0 Å². The highest BCUT2D eigenvalue weighted by molar-refractivity contribution is 7.79. The average molecular weight is 153 g/mol. The van der Waals surface area contributed by atoms with Gasteiger partial charge in [0.15, 0.2) is 0 Å². The number of benzene rings is 1. The number of hydrogen-bond acceptors (Lipinski definition) is 1. The fraction of sp³-hybridized carbons (Fsp3) is 0.250. The van der Waals surface area contributed by atoms with Crippen LogP contribution in [-0.4, -0.2) is 7.11 Å². The molecule has 0 atom stereocenters. The van der Waals surface area contributed by atoms with Crippen molar-refractivity contribution < 1.29 is 4.74 Å². The van der Waals surface area contributed by atoms with Gasteiger partial charge in [-0.3, -0.25) is 0 Å². The topological polar surface area (TPSA) is 9.23 Å². The molecule has 0 aromatic heterocycles. The molecule has 0 fully saturated rings. The third-order valence-electron chi connectivity index (χ3n) is 1.30. The molecule has 0 aliphatic carbocycles. The molecule has 0 saturated carbocycles. The molecule has 1 rings (SSSR count). The highest BCUT2D eigenvalue weighted by Crippen LogP contribution is 2.13. The van der Waals surface area contributed by atoms with E-state index in [0.29, 0.717) is 5.75 Å². The molecule has 1 aromatic rings. The first-order valence-electron chi connectivity index (χ1n) is 3.08. The highest BCUT2D eigenvalue weighted by Gasteiger charge is 1.91. The van der Waals surface area contributed by atoms with Crippen LogP contribution >= 0.6 is 12.6 Å². The summed E-state index contributed by atoms with van der Waals surface area (Å²) in [6, 6.07) is 7.80. The van der Waals surface area contributed by atoms with Gasteiger partial charge in [-0.2, -0.15) is 0 Å². The first kappa shape index (κ1) is 7.48. The van der Waals surface area contributed by atoms with Crippen LogP contribution in [0.2, 0.25) is 0 Å². The van der Waals surface area contributed by atoms with Crippen LogP contribution < -0.4 is 4.74 Å². The Kier molecular flexibility index (Phi) is 2.63. The maximum absolute atomic E-state index is 5.01. The Morgan fingerprint density at radius 2 is 2.30 bits per heavy atom. The van der Waals surface area contributed by atoms with Crippen molar-refractivity contribution in [3.05, 3.63) is 29.8 Å². The van der Waals surface area contributed by atoms with Crippen LogP contribution in [0.1, 0.15) is 5.56 Å². The lowest BCUT2D eigenvalue weighted by atomic mass is 10.2. The molecular weight excluding hydrogens is 144 g/mol. The van der Waals surface area contributed by atoms with Crippen molar-refractivity contribution in [3.8, 4) is 5.75 Å². The molecular formula is C8H9OS. The van der Waals surface area contributed by atoms with Crippen LogP contribution in [0.5, 0.6) is 5.75 Å².